The molecule has 0 spiro atoms. The zero-order chi connectivity index (χ0) is 7.84. The highest BCUT2D eigenvalue weighted by Crippen LogP contribution is 2.44. The highest BCUT2D eigenvalue weighted by Gasteiger charge is 2.22. The first kappa shape index (κ1) is 7.18. The van der Waals surface area contributed by atoms with Gasteiger partial charge in [0.1, 0.15) is 0 Å². The SMILES string of the molecule is C=C1Oc2csc(CBr)c2O1. The maximum atomic E-state index is 5.23. The zero-order valence-corrected chi connectivity index (χ0v) is 8.00. The lowest BCUT2D eigenvalue weighted by Gasteiger charge is -1.94. The van der Waals surface area contributed by atoms with Gasteiger partial charge in [0.25, 0.3) is 5.95 Å². The Morgan fingerprint density at radius 1 is 1.55 bits per heavy atom. The second-order valence-electron chi connectivity index (χ2n) is 2.06. The summed E-state index contributed by atoms with van der Waals surface area (Å²) in [5.74, 6) is 1.97. The largest absolute Gasteiger partial charge is 0.421 e. The fraction of sp³-hybridized carbons (Fsp3) is 0.143. The summed E-state index contributed by atoms with van der Waals surface area (Å²) >= 11 is 4.97. The molecule has 0 saturated heterocycles. The minimum absolute atomic E-state index is 0.366. The molecule has 1 aliphatic rings. The number of alkyl halides is 1. The van der Waals surface area contributed by atoms with E-state index in [1.807, 2.05) is 5.38 Å². The molecule has 0 aromatic carbocycles. The molecule has 0 atom stereocenters. The van der Waals surface area contributed by atoms with Crippen LogP contribution in [0, 0.1) is 0 Å². The third-order valence-corrected chi connectivity index (χ3v) is 3.22. The van der Waals surface area contributed by atoms with Gasteiger partial charge in [-0.25, -0.2) is 0 Å². The molecule has 4 heteroatoms. The summed E-state index contributed by atoms with van der Waals surface area (Å²) in [6.45, 7) is 3.56. The summed E-state index contributed by atoms with van der Waals surface area (Å²) in [5, 5.41) is 2.72. The standard InChI is InChI=1S/C7H5BrO2S/c1-4-9-5-3-11-6(2-8)7(5)10-4/h3H,1-2H2. The van der Waals surface area contributed by atoms with Crippen molar-refractivity contribution < 1.29 is 9.47 Å². The van der Waals surface area contributed by atoms with Crippen molar-refractivity contribution in [3.63, 3.8) is 0 Å². The molecule has 1 aliphatic heterocycles. The van der Waals surface area contributed by atoms with E-state index < -0.39 is 0 Å². The minimum Gasteiger partial charge on any atom is -0.421 e. The second-order valence-corrected chi connectivity index (χ2v) is 3.59. The number of thiophene rings is 1. The molecule has 0 amide bonds. The van der Waals surface area contributed by atoms with E-state index >= 15 is 0 Å². The van der Waals surface area contributed by atoms with Gasteiger partial charge in [-0.05, 0) is 6.58 Å². The quantitative estimate of drug-likeness (QED) is 0.694. The third-order valence-electron chi connectivity index (χ3n) is 1.35. The molecule has 11 heavy (non-hydrogen) atoms. The normalized spacial score (nSPS) is 14.1. The molecule has 1 aromatic rings. The predicted octanol–water partition coefficient (Wildman–Crippen LogP) is 2.89. The molecule has 2 heterocycles. The first-order valence-corrected chi connectivity index (χ1v) is 5.02. The van der Waals surface area contributed by atoms with Crippen molar-refractivity contribution in [2.45, 2.75) is 5.33 Å². The molecular weight excluding hydrogens is 228 g/mol. The molecule has 0 aliphatic carbocycles. The number of rotatable bonds is 1. The predicted molar refractivity (Wildman–Crippen MR) is 47.3 cm³/mol. The van der Waals surface area contributed by atoms with Gasteiger partial charge < -0.3 is 9.47 Å². The lowest BCUT2D eigenvalue weighted by molar-refractivity contribution is 0.289. The van der Waals surface area contributed by atoms with Crippen LogP contribution in [0.1, 0.15) is 4.88 Å². The van der Waals surface area contributed by atoms with Crippen molar-refractivity contribution in [2.24, 2.45) is 0 Å². The van der Waals surface area contributed by atoms with Crippen LogP contribution in [0.25, 0.3) is 0 Å². The van der Waals surface area contributed by atoms with E-state index in [-0.39, 0.29) is 0 Å². The van der Waals surface area contributed by atoms with Crippen molar-refractivity contribution >= 4 is 27.3 Å². The Morgan fingerprint density at radius 3 is 3.09 bits per heavy atom. The van der Waals surface area contributed by atoms with Crippen LogP contribution >= 0.6 is 27.3 Å². The molecular formula is C7H5BrO2S. The Bertz CT molecular complexity index is 305. The van der Waals surface area contributed by atoms with Crippen molar-refractivity contribution in [3.8, 4) is 11.5 Å². The van der Waals surface area contributed by atoms with Gasteiger partial charge in [0.05, 0.1) is 4.88 Å². The van der Waals surface area contributed by atoms with Crippen LogP contribution in [-0.4, -0.2) is 0 Å². The maximum absolute atomic E-state index is 5.23. The Hall–Kier alpha value is -0.480. The van der Waals surface area contributed by atoms with Gasteiger partial charge in [-0.15, -0.1) is 11.3 Å². The van der Waals surface area contributed by atoms with E-state index in [1.54, 1.807) is 11.3 Å². The molecule has 2 nitrogen and oxygen atoms in total. The van der Waals surface area contributed by atoms with Gasteiger partial charge in [0.15, 0.2) is 11.5 Å². The minimum atomic E-state index is 0.366. The van der Waals surface area contributed by atoms with Gasteiger partial charge in [-0.1, -0.05) is 15.9 Å². The highest BCUT2D eigenvalue weighted by atomic mass is 79.9. The van der Waals surface area contributed by atoms with E-state index in [0.717, 1.165) is 21.7 Å². The molecule has 58 valence electrons. The highest BCUT2D eigenvalue weighted by molar-refractivity contribution is 9.08. The maximum Gasteiger partial charge on any atom is 0.282 e. The van der Waals surface area contributed by atoms with Gasteiger partial charge in [0.2, 0.25) is 0 Å². The first-order chi connectivity index (χ1) is 5.31. The third kappa shape index (κ3) is 1.06. The summed E-state index contributed by atoms with van der Waals surface area (Å²) in [6, 6.07) is 0. The van der Waals surface area contributed by atoms with E-state index in [9.17, 15) is 0 Å². The van der Waals surface area contributed by atoms with Gasteiger partial charge >= 0.3 is 0 Å². The summed E-state index contributed by atoms with van der Waals surface area (Å²) in [5.41, 5.74) is 0. The number of hydrogen-bond donors (Lipinski definition) is 0. The molecule has 1 aromatic heterocycles. The summed E-state index contributed by atoms with van der Waals surface area (Å²) in [4.78, 5) is 1.14. The van der Waals surface area contributed by atoms with E-state index in [1.165, 1.54) is 0 Å². The molecule has 0 fully saturated rings. The summed E-state index contributed by atoms with van der Waals surface area (Å²) in [6.07, 6.45) is 0. The smallest absolute Gasteiger partial charge is 0.282 e. The molecule has 0 saturated carbocycles. The fourth-order valence-electron chi connectivity index (χ4n) is 0.896. The molecule has 0 bridgehead atoms. The Labute approximate surface area is 76.6 Å². The fourth-order valence-corrected chi connectivity index (χ4v) is 2.26. The van der Waals surface area contributed by atoms with Crippen LogP contribution in [0.5, 0.6) is 11.5 Å². The number of ether oxygens (including phenoxy) is 2. The van der Waals surface area contributed by atoms with Crippen LogP contribution in [0.4, 0.5) is 0 Å². The van der Waals surface area contributed by atoms with Gasteiger partial charge in [-0.2, -0.15) is 0 Å². The summed E-state index contributed by atoms with van der Waals surface area (Å²) < 4.78 is 10.4. The number of hydrogen-bond acceptors (Lipinski definition) is 3. The molecule has 0 unspecified atom stereocenters. The van der Waals surface area contributed by atoms with Crippen molar-refractivity contribution in [1.82, 2.24) is 0 Å². The van der Waals surface area contributed by atoms with Gasteiger partial charge in [-0.3, -0.25) is 0 Å². The average molecular weight is 233 g/mol. The van der Waals surface area contributed by atoms with Crippen LogP contribution in [0.2, 0.25) is 0 Å². The molecule has 0 N–H and O–H groups in total. The zero-order valence-electron chi connectivity index (χ0n) is 5.59. The topological polar surface area (TPSA) is 18.5 Å². The van der Waals surface area contributed by atoms with Crippen LogP contribution in [-0.2, 0) is 5.33 Å². The van der Waals surface area contributed by atoms with Crippen molar-refractivity contribution in [1.29, 1.82) is 0 Å². The van der Waals surface area contributed by atoms with Crippen molar-refractivity contribution in [2.75, 3.05) is 0 Å². The average Bonchev–Trinajstić information content (AvgIpc) is 2.45. The van der Waals surface area contributed by atoms with Crippen LogP contribution < -0.4 is 9.47 Å². The van der Waals surface area contributed by atoms with E-state index in [2.05, 4.69) is 22.5 Å². The second kappa shape index (κ2) is 2.53. The lowest BCUT2D eigenvalue weighted by atomic mass is 10.4. The van der Waals surface area contributed by atoms with Crippen LogP contribution in [0.15, 0.2) is 17.9 Å². The van der Waals surface area contributed by atoms with E-state index in [4.69, 9.17) is 9.47 Å². The lowest BCUT2D eigenvalue weighted by Crippen LogP contribution is -1.90. The van der Waals surface area contributed by atoms with Crippen molar-refractivity contribution in [3.05, 3.63) is 22.8 Å². The number of halogens is 1. The Morgan fingerprint density at radius 2 is 2.36 bits per heavy atom. The molecule has 0 radical (unpaired) electrons. The van der Waals surface area contributed by atoms with Gasteiger partial charge in [0, 0.05) is 10.7 Å². The number of fused-ring (bicyclic) bond motifs is 1. The Kier molecular flexibility index (Phi) is 1.65. The van der Waals surface area contributed by atoms with Crippen LogP contribution in [0.3, 0.4) is 0 Å². The first-order valence-electron chi connectivity index (χ1n) is 3.02. The summed E-state index contributed by atoms with van der Waals surface area (Å²) in [7, 11) is 0. The molecule has 2 rings (SSSR count). The monoisotopic (exact) mass is 232 g/mol. The van der Waals surface area contributed by atoms with E-state index in [0.29, 0.717) is 5.95 Å². The Balaban J connectivity index is 2.44.